The number of quaternary nitrogens is 1. The van der Waals surface area contributed by atoms with Gasteiger partial charge in [-0.2, -0.15) is 0 Å². The molecule has 0 saturated carbocycles. The van der Waals surface area contributed by atoms with Crippen molar-refractivity contribution in [3.05, 3.63) is 89.5 Å². The van der Waals surface area contributed by atoms with Crippen LogP contribution in [0.25, 0.3) is 11.6 Å². The molecule has 0 saturated heterocycles. The predicted octanol–water partition coefficient (Wildman–Crippen LogP) is 0.613. The molecule has 2 unspecified atom stereocenters. The number of ether oxygens (including phenoxy) is 3. The maximum atomic E-state index is 13.4. The van der Waals surface area contributed by atoms with Gasteiger partial charge < -0.3 is 37.0 Å². The molecule has 0 amide bonds. The third kappa shape index (κ3) is 6.63. The zero-order valence-corrected chi connectivity index (χ0v) is 20.6. The molecule has 3 aromatic carbocycles. The maximum absolute atomic E-state index is 13.4. The Morgan fingerprint density at radius 2 is 1.83 bits per heavy atom. The fraction of sp³-hybridized carbons (Fsp3) is 0.250. The van der Waals surface area contributed by atoms with Crippen LogP contribution in [0.15, 0.2) is 72.8 Å². The monoisotopic (exact) mass is 495 g/mol. The number of hydrogen-bond acceptors (Lipinski definition) is 5. The van der Waals surface area contributed by atoms with Gasteiger partial charge in [-0.05, 0) is 54.0 Å². The molecule has 35 heavy (non-hydrogen) atoms. The summed E-state index contributed by atoms with van der Waals surface area (Å²) >= 11 is 0. The normalized spacial score (nSPS) is 14.1. The van der Waals surface area contributed by atoms with E-state index in [-0.39, 0.29) is 31.0 Å². The van der Waals surface area contributed by atoms with Gasteiger partial charge in [-0.15, -0.1) is 0 Å². The van der Waals surface area contributed by atoms with E-state index in [1.807, 2.05) is 91.1 Å². The van der Waals surface area contributed by atoms with Gasteiger partial charge in [0, 0.05) is 5.57 Å². The van der Waals surface area contributed by atoms with Gasteiger partial charge in [0.25, 0.3) is 0 Å². The lowest BCUT2D eigenvalue weighted by Crippen LogP contribution is -3.00. The Morgan fingerprint density at radius 3 is 2.60 bits per heavy atom. The molecule has 3 N–H and O–H groups in total. The minimum absolute atomic E-state index is 0. The lowest BCUT2D eigenvalue weighted by Gasteiger charge is -2.18. The van der Waals surface area contributed by atoms with Gasteiger partial charge in [0.2, 0.25) is 6.79 Å². The smallest absolute Gasteiger partial charge is 0.231 e. The number of halogens is 1. The van der Waals surface area contributed by atoms with Gasteiger partial charge in [-0.1, -0.05) is 48.5 Å². The highest BCUT2D eigenvalue weighted by molar-refractivity contribution is 6.25. The first kappa shape index (κ1) is 26.3. The van der Waals surface area contributed by atoms with E-state index in [9.17, 15) is 9.90 Å². The molecular weight excluding hydrogens is 466 g/mol. The minimum Gasteiger partial charge on any atom is -1.00 e. The molecule has 1 heterocycles. The van der Waals surface area contributed by atoms with Crippen molar-refractivity contribution in [2.75, 3.05) is 20.4 Å². The van der Waals surface area contributed by atoms with Crippen molar-refractivity contribution >= 4 is 17.4 Å². The number of rotatable bonds is 10. The van der Waals surface area contributed by atoms with E-state index < -0.39 is 6.10 Å². The largest absolute Gasteiger partial charge is 1.00 e. The number of allylic oxidation sites excluding steroid dienone is 1. The van der Waals surface area contributed by atoms with Crippen LogP contribution in [0, 0.1) is 0 Å². The van der Waals surface area contributed by atoms with Crippen LogP contribution in [0.2, 0.25) is 0 Å². The Bertz CT molecular complexity index is 1170. The van der Waals surface area contributed by atoms with Crippen LogP contribution in [-0.4, -0.2) is 37.4 Å². The Morgan fingerprint density at radius 1 is 1.06 bits per heavy atom. The molecule has 2 atom stereocenters. The molecule has 1 aliphatic rings. The molecule has 0 aliphatic carbocycles. The Balaban J connectivity index is 0.00000342. The molecule has 0 spiro atoms. The highest BCUT2D eigenvalue weighted by Crippen LogP contribution is 2.35. The molecule has 0 fully saturated rings. The molecule has 4 rings (SSSR count). The van der Waals surface area contributed by atoms with E-state index in [1.165, 1.54) is 0 Å². The van der Waals surface area contributed by atoms with Crippen LogP contribution in [0.3, 0.4) is 0 Å². The van der Waals surface area contributed by atoms with E-state index in [0.717, 1.165) is 22.4 Å². The quantitative estimate of drug-likeness (QED) is 0.318. The summed E-state index contributed by atoms with van der Waals surface area (Å²) in [7, 11) is 1.62. The zero-order valence-electron chi connectivity index (χ0n) is 19.8. The third-order valence-electron chi connectivity index (χ3n) is 5.94. The van der Waals surface area contributed by atoms with Gasteiger partial charge in [0.1, 0.15) is 17.9 Å². The van der Waals surface area contributed by atoms with Crippen LogP contribution < -0.4 is 31.9 Å². The Labute approximate surface area is 211 Å². The first-order chi connectivity index (χ1) is 16.5. The average molecular weight is 496 g/mol. The SMILES string of the molecule is COc1cccc(/C=C(/C(=O)CC[NH2+]C(C)C(O)c2ccccc2)c2ccc3c(c2)OCO3)c1.[Cl-]. The van der Waals surface area contributed by atoms with E-state index in [4.69, 9.17) is 14.2 Å². The molecule has 0 radical (unpaired) electrons. The number of benzene rings is 3. The minimum atomic E-state index is -0.600. The summed E-state index contributed by atoms with van der Waals surface area (Å²) in [5, 5.41) is 12.6. The van der Waals surface area contributed by atoms with Gasteiger partial charge in [0.05, 0.1) is 20.1 Å². The molecule has 184 valence electrons. The van der Waals surface area contributed by atoms with Crippen molar-refractivity contribution < 1.29 is 41.8 Å². The van der Waals surface area contributed by atoms with E-state index in [2.05, 4.69) is 0 Å². The molecular formula is C28H30ClNO5. The van der Waals surface area contributed by atoms with Crippen LogP contribution >= 0.6 is 0 Å². The van der Waals surface area contributed by atoms with Crippen molar-refractivity contribution in [3.8, 4) is 17.2 Å². The summed E-state index contributed by atoms with van der Waals surface area (Å²) in [6.45, 7) is 2.70. The van der Waals surface area contributed by atoms with Gasteiger partial charge in [-0.25, -0.2) is 0 Å². The highest BCUT2D eigenvalue weighted by atomic mass is 35.5. The van der Waals surface area contributed by atoms with Crippen LogP contribution in [0.4, 0.5) is 0 Å². The topological polar surface area (TPSA) is 81.6 Å². The van der Waals surface area contributed by atoms with E-state index in [1.54, 1.807) is 7.11 Å². The summed E-state index contributed by atoms with van der Waals surface area (Å²) in [6, 6.07) is 22.6. The Hall–Kier alpha value is -3.32. The van der Waals surface area contributed by atoms with E-state index >= 15 is 0 Å². The summed E-state index contributed by atoms with van der Waals surface area (Å²) in [4.78, 5) is 13.4. The van der Waals surface area contributed by atoms with Gasteiger partial charge in [-0.3, -0.25) is 4.79 Å². The number of carbonyl (C=O) groups is 1. The number of aliphatic hydroxyl groups excluding tert-OH is 1. The van der Waals surface area contributed by atoms with Crippen molar-refractivity contribution in [1.82, 2.24) is 0 Å². The summed E-state index contributed by atoms with van der Waals surface area (Å²) in [6.07, 6.45) is 1.61. The van der Waals surface area contributed by atoms with Crippen molar-refractivity contribution in [3.63, 3.8) is 0 Å². The Kier molecular flexibility index (Phi) is 9.32. The van der Waals surface area contributed by atoms with Crippen LogP contribution in [0.1, 0.15) is 36.1 Å². The van der Waals surface area contributed by atoms with Gasteiger partial charge >= 0.3 is 0 Å². The number of nitrogens with two attached hydrogens (primary N) is 1. The first-order valence-corrected chi connectivity index (χ1v) is 11.4. The molecule has 7 heteroatoms. The predicted molar refractivity (Wildman–Crippen MR) is 131 cm³/mol. The number of methoxy groups -OCH3 is 1. The second-order valence-corrected chi connectivity index (χ2v) is 8.31. The van der Waals surface area contributed by atoms with Crippen molar-refractivity contribution in [2.45, 2.75) is 25.5 Å². The second kappa shape index (κ2) is 12.4. The average Bonchev–Trinajstić information content (AvgIpc) is 3.35. The number of carbonyl (C=O) groups excluding carboxylic acids is 1. The number of Topliss-reactive ketones (excluding diaryl/α,β-unsaturated/α-hetero) is 1. The second-order valence-electron chi connectivity index (χ2n) is 8.31. The maximum Gasteiger partial charge on any atom is 0.231 e. The lowest BCUT2D eigenvalue weighted by molar-refractivity contribution is -0.693. The van der Waals surface area contributed by atoms with Crippen molar-refractivity contribution in [2.24, 2.45) is 0 Å². The molecule has 1 aliphatic heterocycles. The number of hydrogen-bond donors (Lipinski definition) is 2. The van der Waals surface area contributed by atoms with Crippen molar-refractivity contribution in [1.29, 1.82) is 0 Å². The summed E-state index contributed by atoms with van der Waals surface area (Å²) < 4.78 is 16.3. The highest BCUT2D eigenvalue weighted by Gasteiger charge is 2.21. The summed E-state index contributed by atoms with van der Waals surface area (Å²) in [5.41, 5.74) is 3.11. The number of aliphatic hydroxyl groups is 1. The molecule has 6 nitrogen and oxygen atoms in total. The zero-order chi connectivity index (χ0) is 23.9. The first-order valence-electron chi connectivity index (χ1n) is 11.4. The lowest BCUT2D eigenvalue weighted by atomic mass is 9.96. The molecule has 3 aromatic rings. The molecule has 0 aromatic heterocycles. The standard InChI is InChI=1S/C28H29NO5.ClH/c1-19(28(31)21-8-4-3-5-9-21)29-14-13-25(30)24(16-20-7-6-10-23(15-20)32-2)22-11-12-26-27(17-22)34-18-33-26;/h3-12,15-17,19,28-29,31H,13-14,18H2,1-2H3;1H/b24-16+;. The fourth-order valence-corrected chi connectivity index (χ4v) is 3.98. The van der Waals surface area contributed by atoms with E-state index in [0.29, 0.717) is 30.0 Å². The number of ketones is 1. The molecule has 0 bridgehead atoms. The fourth-order valence-electron chi connectivity index (χ4n) is 3.98. The number of fused-ring (bicyclic) bond motifs is 1. The van der Waals surface area contributed by atoms with Gasteiger partial charge in [0.15, 0.2) is 17.3 Å². The van der Waals surface area contributed by atoms with Crippen LogP contribution in [0.5, 0.6) is 17.2 Å². The summed E-state index contributed by atoms with van der Waals surface area (Å²) in [5.74, 6) is 2.05. The third-order valence-corrected chi connectivity index (χ3v) is 5.94. The van der Waals surface area contributed by atoms with Crippen LogP contribution in [-0.2, 0) is 4.79 Å².